The Morgan fingerprint density at radius 1 is 1.67 bits per heavy atom. The largest absolute Gasteiger partial charge is 0.387 e. The van der Waals surface area contributed by atoms with Gasteiger partial charge >= 0.3 is 0 Å². The van der Waals surface area contributed by atoms with E-state index in [0.717, 1.165) is 29.7 Å². The Kier molecular flexibility index (Phi) is 3.53. The molecule has 1 heterocycles. The predicted molar refractivity (Wildman–Crippen MR) is 54.4 cm³/mol. The van der Waals surface area contributed by atoms with Gasteiger partial charge in [-0.1, -0.05) is 0 Å². The highest BCUT2D eigenvalue weighted by Crippen LogP contribution is 2.24. The van der Waals surface area contributed by atoms with E-state index < -0.39 is 0 Å². The lowest BCUT2D eigenvalue weighted by atomic mass is 9.45. The number of rotatable bonds is 3. The Balaban J connectivity index is 2.59. The maximum Gasteiger partial charge on any atom is 0.235 e. The van der Waals surface area contributed by atoms with Crippen LogP contribution in [0.25, 0.3) is 0 Å². The lowest BCUT2D eigenvalue weighted by molar-refractivity contribution is 0.0328. The highest BCUT2D eigenvalue weighted by atomic mass is 28.1. The van der Waals surface area contributed by atoms with Gasteiger partial charge in [0, 0.05) is 22.0 Å². The maximum absolute atomic E-state index is 12.6. The van der Waals surface area contributed by atoms with Gasteiger partial charge in [0.1, 0.15) is 0 Å². The molecule has 0 aromatic heterocycles. The highest BCUT2D eigenvalue weighted by molar-refractivity contribution is 6.74. The van der Waals surface area contributed by atoms with E-state index in [1.165, 1.54) is 6.42 Å². The summed E-state index contributed by atoms with van der Waals surface area (Å²) in [6.07, 6.45) is 3.31. The van der Waals surface area contributed by atoms with Crippen LogP contribution in [0, 0.1) is 0 Å². The summed E-state index contributed by atoms with van der Waals surface area (Å²) in [6.45, 7) is 4.05. The number of alkyl halides is 1. The van der Waals surface area contributed by atoms with Gasteiger partial charge in [0.2, 0.25) is 6.71 Å². The molecule has 0 aliphatic carbocycles. The smallest absolute Gasteiger partial charge is 0.235 e. The molecule has 1 rings (SSSR count). The van der Waals surface area contributed by atoms with Crippen LogP contribution in [0.5, 0.6) is 0 Å². The second kappa shape index (κ2) is 4.23. The molecule has 4 heteroatoms. The van der Waals surface area contributed by atoms with Crippen LogP contribution in [0.15, 0.2) is 12.6 Å². The van der Waals surface area contributed by atoms with Gasteiger partial charge in [0.05, 0.1) is 6.57 Å². The second-order valence-electron chi connectivity index (χ2n) is 3.61. The lowest BCUT2D eigenvalue weighted by Gasteiger charge is -2.36. The van der Waals surface area contributed by atoms with Gasteiger partial charge < -0.3 is 4.74 Å². The Bertz CT molecular complexity index is 159. The molecule has 0 radical (unpaired) electrons. The molecule has 68 valence electrons. The summed E-state index contributed by atoms with van der Waals surface area (Å²) < 4.78 is 18.2. The minimum Gasteiger partial charge on any atom is -0.387 e. The van der Waals surface area contributed by atoms with Crippen molar-refractivity contribution in [1.29, 1.82) is 0 Å². The first-order valence-corrected chi connectivity index (χ1v) is 5.55. The molecule has 0 aromatic carbocycles. The number of halogens is 1. The van der Waals surface area contributed by atoms with Gasteiger partial charge in [-0.3, -0.25) is 4.39 Å². The Morgan fingerprint density at radius 3 is 2.83 bits per heavy atom. The molecule has 1 atom stereocenters. The third-order valence-electron chi connectivity index (χ3n) is 2.73. The molecule has 0 bridgehead atoms. The van der Waals surface area contributed by atoms with Crippen LogP contribution in [-0.4, -0.2) is 35.3 Å². The predicted octanol–water partition coefficient (Wildman–Crippen LogP) is 0.516. The molecule has 1 aliphatic rings. The summed E-state index contributed by atoms with van der Waals surface area (Å²) in [5.41, 5.74) is 0. The molecule has 1 aliphatic heterocycles. The monoisotopic (exact) mass is 186 g/mol. The van der Waals surface area contributed by atoms with E-state index in [-0.39, 0.29) is 18.4 Å². The van der Waals surface area contributed by atoms with Crippen molar-refractivity contribution in [3.63, 3.8) is 0 Å². The quantitative estimate of drug-likeness (QED) is 0.584. The molecule has 0 N–H and O–H groups in total. The number of hydrogen-bond acceptors (Lipinski definition) is 1. The van der Waals surface area contributed by atoms with E-state index in [2.05, 4.69) is 6.58 Å². The molecule has 0 saturated carbocycles. The van der Waals surface area contributed by atoms with E-state index in [1.807, 2.05) is 0 Å². The van der Waals surface area contributed by atoms with E-state index in [1.54, 1.807) is 5.98 Å². The van der Waals surface area contributed by atoms with Crippen LogP contribution >= 0.6 is 0 Å². The zero-order valence-electron chi connectivity index (χ0n) is 7.68. The summed E-state index contributed by atoms with van der Waals surface area (Å²) in [7, 11) is 0.899. The number of ether oxygens (including phenoxy) is 1. The topological polar surface area (TPSA) is 9.23 Å². The van der Waals surface area contributed by atoms with Crippen molar-refractivity contribution in [2.45, 2.75) is 24.4 Å². The minimum atomic E-state index is -0.326. The fraction of sp³-hybridized carbons (Fsp3) is 0.750. The highest BCUT2D eigenvalue weighted by Gasteiger charge is 2.37. The fourth-order valence-corrected chi connectivity index (χ4v) is 2.67. The summed E-state index contributed by atoms with van der Waals surface area (Å²) in [4.78, 5) is 0. The van der Waals surface area contributed by atoms with Crippen molar-refractivity contribution in [1.82, 2.24) is 0 Å². The average molecular weight is 186 g/mol. The maximum atomic E-state index is 12.6. The van der Waals surface area contributed by atoms with Crippen LogP contribution in [0.2, 0.25) is 0 Å². The van der Waals surface area contributed by atoms with Crippen molar-refractivity contribution in [3.8, 4) is 0 Å². The molecule has 0 spiro atoms. The molecule has 1 fully saturated rings. The molecule has 1 unspecified atom stereocenters. The van der Waals surface area contributed by atoms with Crippen molar-refractivity contribution >= 4 is 17.0 Å². The van der Waals surface area contributed by atoms with Gasteiger partial charge in [0.25, 0.3) is 0 Å². The van der Waals surface area contributed by atoms with Crippen LogP contribution < -0.4 is 0 Å². The Hall–Kier alpha value is -0.0882. The van der Waals surface area contributed by atoms with Crippen molar-refractivity contribution < 1.29 is 9.13 Å². The summed E-state index contributed by atoms with van der Waals surface area (Å²) in [6, 6.07) is 0. The van der Waals surface area contributed by atoms with Crippen molar-refractivity contribution in [2.24, 2.45) is 0 Å². The summed E-state index contributed by atoms with van der Waals surface area (Å²) in [5, 5.41) is -0.158. The van der Waals surface area contributed by atoms with Crippen LogP contribution in [0.4, 0.5) is 4.39 Å². The lowest BCUT2D eigenvalue weighted by Crippen LogP contribution is -2.51. The molecular formula is C8H16BFOSi. The van der Waals surface area contributed by atoms with Gasteiger partial charge in [0.15, 0.2) is 0 Å². The van der Waals surface area contributed by atoms with E-state index in [4.69, 9.17) is 4.74 Å². The van der Waals surface area contributed by atoms with Gasteiger partial charge in [-0.15, -0.1) is 12.6 Å². The first-order chi connectivity index (χ1) is 5.73. The zero-order valence-corrected chi connectivity index (χ0v) is 9.68. The van der Waals surface area contributed by atoms with E-state index in [9.17, 15) is 4.39 Å². The molecule has 1 saturated heterocycles. The Morgan fingerprint density at radius 2 is 2.42 bits per heavy atom. The second-order valence-corrected chi connectivity index (χ2v) is 5.31. The standard InChI is InChI=1S/C8H16BFOSi/c1-2-9(7-10)8(12)5-3-4-6-11-8/h2H,1,3-7H2,12H3. The van der Waals surface area contributed by atoms with Crippen molar-refractivity contribution in [3.05, 3.63) is 12.6 Å². The van der Waals surface area contributed by atoms with Crippen LogP contribution in [-0.2, 0) is 4.74 Å². The van der Waals surface area contributed by atoms with Crippen LogP contribution in [0.1, 0.15) is 19.3 Å². The summed E-state index contributed by atoms with van der Waals surface area (Å²) >= 11 is 0. The van der Waals surface area contributed by atoms with Gasteiger partial charge in [-0.05, 0) is 19.3 Å². The van der Waals surface area contributed by atoms with Gasteiger partial charge in [-0.25, -0.2) is 0 Å². The molecule has 1 nitrogen and oxygen atoms in total. The summed E-state index contributed by atoms with van der Waals surface area (Å²) in [5.74, 6) is 1.71. The SMILES string of the molecule is C=CB(CF)C1([SiH3])CCCCO1. The van der Waals surface area contributed by atoms with E-state index in [0.29, 0.717) is 0 Å². The first-order valence-electron chi connectivity index (χ1n) is 4.55. The Labute approximate surface area is 76.9 Å². The number of hydrogen-bond donors (Lipinski definition) is 0. The van der Waals surface area contributed by atoms with Crippen LogP contribution in [0.3, 0.4) is 0 Å². The normalized spacial score (nSPS) is 30.1. The molecule has 0 amide bonds. The third kappa shape index (κ3) is 1.99. The fourth-order valence-electron chi connectivity index (χ4n) is 1.72. The molecule has 12 heavy (non-hydrogen) atoms. The third-order valence-corrected chi connectivity index (χ3v) is 4.26. The minimum absolute atomic E-state index is 0.0792. The average Bonchev–Trinajstić information content (AvgIpc) is 2.07. The molecule has 0 aromatic rings. The molecular weight excluding hydrogens is 170 g/mol. The first kappa shape index (κ1) is 10.00. The van der Waals surface area contributed by atoms with Crippen molar-refractivity contribution in [2.75, 3.05) is 13.2 Å². The van der Waals surface area contributed by atoms with E-state index >= 15 is 0 Å². The zero-order chi connectivity index (χ0) is 9.03. The van der Waals surface area contributed by atoms with Gasteiger partial charge in [-0.2, -0.15) is 0 Å².